The Kier molecular flexibility index (Phi) is 8.42. The molecular formula is C18H29ClN2O2. The second-order valence-electron chi connectivity index (χ2n) is 6.28. The van der Waals surface area contributed by atoms with Crippen LogP contribution in [-0.2, 0) is 4.79 Å². The molecule has 1 aromatic rings. The van der Waals surface area contributed by atoms with Crippen LogP contribution in [-0.4, -0.2) is 31.6 Å². The van der Waals surface area contributed by atoms with E-state index >= 15 is 0 Å². The molecule has 1 saturated heterocycles. The monoisotopic (exact) mass is 340 g/mol. The second-order valence-corrected chi connectivity index (χ2v) is 6.28. The highest BCUT2D eigenvalue weighted by molar-refractivity contribution is 5.85. The highest BCUT2D eigenvalue weighted by atomic mass is 35.5. The molecule has 1 heterocycles. The zero-order valence-electron chi connectivity index (χ0n) is 14.3. The molecule has 1 aromatic carbocycles. The van der Waals surface area contributed by atoms with E-state index in [1.807, 2.05) is 18.2 Å². The molecule has 23 heavy (non-hydrogen) atoms. The second kappa shape index (κ2) is 9.78. The van der Waals surface area contributed by atoms with Gasteiger partial charge < -0.3 is 15.4 Å². The molecule has 1 fully saturated rings. The van der Waals surface area contributed by atoms with Gasteiger partial charge in [-0.05, 0) is 42.9 Å². The van der Waals surface area contributed by atoms with Crippen molar-refractivity contribution in [3.8, 4) is 5.75 Å². The van der Waals surface area contributed by atoms with Gasteiger partial charge in [0.25, 0.3) is 5.91 Å². The third-order valence-corrected chi connectivity index (χ3v) is 4.60. The summed E-state index contributed by atoms with van der Waals surface area (Å²) in [6.45, 7) is 8.48. The largest absolute Gasteiger partial charge is 0.483 e. The summed E-state index contributed by atoms with van der Waals surface area (Å²) >= 11 is 0. The van der Waals surface area contributed by atoms with Crippen molar-refractivity contribution >= 4 is 18.3 Å². The normalized spacial score (nSPS) is 21.9. The van der Waals surface area contributed by atoms with Gasteiger partial charge in [0.15, 0.2) is 6.61 Å². The number of benzene rings is 1. The lowest BCUT2D eigenvalue weighted by atomic mass is 9.95. The van der Waals surface area contributed by atoms with Crippen LogP contribution in [0.3, 0.4) is 0 Å². The van der Waals surface area contributed by atoms with E-state index in [0.717, 1.165) is 31.7 Å². The highest BCUT2D eigenvalue weighted by Crippen LogP contribution is 2.28. The fourth-order valence-electron chi connectivity index (χ4n) is 2.81. The maximum absolute atomic E-state index is 12.1. The third-order valence-electron chi connectivity index (χ3n) is 4.60. The predicted molar refractivity (Wildman–Crippen MR) is 96.5 cm³/mol. The minimum Gasteiger partial charge on any atom is -0.483 e. The van der Waals surface area contributed by atoms with Crippen molar-refractivity contribution in [2.75, 3.05) is 19.7 Å². The molecule has 3 unspecified atom stereocenters. The van der Waals surface area contributed by atoms with Crippen LogP contribution < -0.4 is 15.4 Å². The topological polar surface area (TPSA) is 50.4 Å². The quantitative estimate of drug-likeness (QED) is 0.836. The molecule has 0 aromatic heterocycles. The Hall–Kier alpha value is -1.26. The van der Waals surface area contributed by atoms with Gasteiger partial charge in [-0.2, -0.15) is 0 Å². The van der Waals surface area contributed by atoms with Crippen molar-refractivity contribution in [3.63, 3.8) is 0 Å². The lowest BCUT2D eigenvalue weighted by molar-refractivity contribution is -0.124. The molecule has 3 atom stereocenters. The molecule has 1 aliphatic rings. The predicted octanol–water partition coefficient (Wildman–Crippen LogP) is 3.11. The van der Waals surface area contributed by atoms with Gasteiger partial charge in [0.05, 0.1) is 0 Å². The molecule has 0 bridgehead atoms. The number of rotatable bonds is 6. The van der Waals surface area contributed by atoms with E-state index in [0.29, 0.717) is 11.8 Å². The van der Waals surface area contributed by atoms with E-state index in [4.69, 9.17) is 4.74 Å². The molecule has 1 aliphatic heterocycles. The van der Waals surface area contributed by atoms with Crippen molar-refractivity contribution < 1.29 is 9.53 Å². The Morgan fingerprint density at radius 1 is 1.43 bits per heavy atom. The van der Waals surface area contributed by atoms with Gasteiger partial charge >= 0.3 is 0 Å². The number of amides is 1. The van der Waals surface area contributed by atoms with Crippen molar-refractivity contribution in [2.24, 2.45) is 5.92 Å². The Labute approximate surface area is 145 Å². The van der Waals surface area contributed by atoms with Crippen molar-refractivity contribution in [3.05, 3.63) is 29.8 Å². The first-order chi connectivity index (χ1) is 10.6. The van der Waals surface area contributed by atoms with Crippen molar-refractivity contribution in [1.82, 2.24) is 10.6 Å². The molecule has 0 saturated carbocycles. The first kappa shape index (κ1) is 19.8. The Morgan fingerprint density at radius 2 is 2.17 bits per heavy atom. The standard InChI is InChI=1S/C18H28N2O2.ClH/c1-4-13(2)15-7-5-6-8-17(15)22-12-18(21)20-16-11-19-10-9-14(16)3;/h5-8,13-14,16,19H,4,9-12H2,1-3H3,(H,20,21);1H. The molecule has 5 heteroatoms. The number of hydrogen-bond donors (Lipinski definition) is 2. The Balaban J connectivity index is 0.00000264. The Bertz CT molecular complexity index is 496. The van der Waals surface area contributed by atoms with Gasteiger partial charge in [-0.25, -0.2) is 0 Å². The average Bonchev–Trinajstić information content (AvgIpc) is 2.54. The van der Waals surface area contributed by atoms with Crippen molar-refractivity contribution in [2.45, 2.75) is 45.6 Å². The zero-order valence-corrected chi connectivity index (χ0v) is 15.1. The van der Waals surface area contributed by atoms with Crippen LogP contribution in [0.25, 0.3) is 0 Å². The van der Waals surface area contributed by atoms with E-state index in [1.54, 1.807) is 0 Å². The Morgan fingerprint density at radius 3 is 2.87 bits per heavy atom. The molecule has 0 spiro atoms. The van der Waals surface area contributed by atoms with E-state index in [9.17, 15) is 4.79 Å². The van der Waals surface area contributed by atoms with Gasteiger partial charge in [0.1, 0.15) is 5.75 Å². The fourth-order valence-corrected chi connectivity index (χ4v) is 2.81. The smallest absolute Gasteiger partial charge is 0.258 e. The first-order valence-electron chi connectivity index (χ1n) is 8.33. The van der Waals surface area contributed by atoms with E-state index in [1.165, 1.54) is 5.56 Å². The summed E-state index contributed by atoms with van der Waals surface area (Å²) in [6.07, 6.45) is 2.15. The number of ether oxygens (including phenoxy) is 1. The first-order valence-corrected chi connectivity index (χ1v) is 8.33. The van der Waals surface area contributed by atoms with Crippen LogP contribution in [0.4, 0.5) is 0 Å². The SMILES string of the molecule is CCC(C)c1ccccc1OCC(=O)NC1CNCCC1C.Cl. The van der Waals surface area contributed by atoms with Crippen molar-refractivity contribution in [1.29, 1.82) is 0 Å². The lowest BCUT2D eigenvalue weighted by Crippen LogP contribution is -2.51. The van der Waals surface area contributed by atoms with Crippen LogP contribution >= 0.6 is 12.4 Å². The molecular weight excluding hydrogens is 312 g/mol. The zero-order chi connectivity index (χ0) is 15.9. The van der Waals surface area contributed by atoms with Gasteiger partial charge in [-0.1, -0.05) is 39.0 Å². The summed E-state index contributed by atoms with van der Waals surface area (Å²) in [4.78, 5) is 12.1. The molecule has 0 radical (unpaired) electrons. The summed E-state index contributed by atoms with van der Waals surface area (Å²) < 4.78 is 5.77. The minimum atomic E-state index is -0.0421. The van der Waals surface area contributed by atoms with Crippen LogP contribution in [0, 0.1) is 5.92 Å². The number of carbonyl (C=O) groups excluding carboxylic acids is 1. The van der Waals surface area contributed by atoms with Crippen LogP contribution in [0.2, 0.25) is 0 Å². The summed E-state index contributed by atoms with van der Waals surface area (Å²) in [5, 5.41) is 6.40. The lowest BCUT2D eigenvalue weighted by Gasteiger charge is -2.30. The number of hydrogen-bond acceptors (Lipinski definition) is 3. The maximum atomic E-state index is 12.1. The third kappa shape index (κ3) is 5.70. The molecule has 0 aliphatic carbocycles. The maximum Gasteiger partial charge on any atom is 0.258 e. The number of halogens is 1. The van der Waals surface area contributed by atoms with Crippen LogP contribution in [0.5, 0.6) is 5.75 Å². The van der Waals surface area contributed by atoms with Gasteiger partial charge in [-0.3, -0.25) is 4.79 Å². The van der Waals surface area contributed by atoms with E-state index in [2.05, 4.69) is 37.5 Å². The van der Waals surface area contributed by atoms with E-state index in [-0.39, 0.29) is 31.0 Å². The minimum absolute atomic E-state index is 0. The average molecular weight is 341 g/mol. The molecule has 2 N–H and O–H groups in total. The van der Waals surface area contributed by atoms with Gasteiger partial charge in [-0.15, -0.1) is 12.4 Å². The number of piperidine rings is 1. The number of para-hydroxylation sites is 1. The van der Waals surface area contributed by atoms with Crippen LogP contribution in [0.15, 0.2) is 24.3 Å². The summed E-state index contributed by atoms with van der Waals surface area (Å²) in [5.74, 6) is 1.72. The number of carbonyl (C=O) groups is 1. The summed E-state index contributed by atoms with van der Waals surface area (Å²) in [6, 6.07) is 8.19. The highest BCUT2D eigenvalue weighted by Gasteiger charge is 2.22. The molecule has 1 amide bonds. The van der Waals surface area contributed by atoms with Gasteiger partial charge in [0, 0.05) is 12.6 Å². The molecule has 4 nitrogen and oxygen atoms in total. The van der Waals surface area contributed by atoms with Crippen LogP contribution in [0.1, 0.15) is 45.1 Å². The molecule has 2 rings (SSSR count). The van der Waals surface area contributed by atoms with E-state index < -0.39 is 0 Å². The molecule has 130 valence electrons. The van der Waals surface area contributed by atoms with Gasteiger partial charge in [0.2, 0.25) is 0 Å². The summed E-state index contributed by atoms with van der Waals surface area (Å²) in [7, 11) is 0. The fraction of sp³-hybridized carbons (Fsp3) is 0.611. The number of nitrogens with one attached hydrogen (secondary N) is 2. The summed E-state index contributed by atoms with van der Waals surface area (Å²) in [5.41, 5.74) is 1.17.